The maximum absolute atomic E-state index is 12.2. The van der Waals surface area contributed by atoms with E-state index in [0.29, 0.717) is 12.2 Å². The number of amides is 1. The number of hydrogen-bond acceptors (Lipinski definition) is 3. The van der Waals surface area contributed by atoms with E-state index >= 15 is 0 Å². The average molecular weight is 325 g/mol. The topological polar surface area (TPSA) is 55.4 Å². The highest BCUT2D eigenvalue weighted by atomic mass is 16.5. The quantitative estimate of drug-likeness (QED) is 0.756. The van der Waals surface area contributed by atoms with E-state index in [0.717, 1.165) is 11.1 Å². The molecule has 0 aliphatic heterocycles. The van der Waals surface area contributed by atoms with E-state index in [4.69, 9.17) is 4.74 Å². The molecule has 0 bridgehead atoms. The van der Waals surface area contributed by atoms with Gasteiger partial charge in [-0.2, -0.15) is 0 Å². The van der Waals surface area contributed by atoms with Gasteiger partial charge >= 0.3 is 0 Å². The lowest BCUT2D eigenvalue weighted by Gasteiger charge is -2.12. The van der Waals surface area contributed by atoms with E-state index in [1.807, 2.05) is 61.5 Å². The average Bonchev–Trinajstić information content (AvgIpc) is 2.61. The molecule has 1 amide bonds. The maximum atomic E-state index is 12.2. The van der Waals surface area contributed by atoms with Crippen molar-refractivity contribution in [2.45, 2.75) is 25.8 Å². The summed E-state index contributed by atoms with van der Waals surface area (Å²) in [6.07, 6.45) is 0.392. The van der Waals surface area contributed by atoms with Crippen molar-refractivity contribution in [3.05, 3.63) is 60.2 Å². The zero-order chi connectivity index (χ0) is 17.4. The van der Waals surface area contributed by atoms with Gasteiger partial charge in [0.15, 0.2) is 5.78 Å². The molecule has 0 fully saturated rings. The first kappa shape index (κ1) is 17.9. The summed E-state index contributed by atoms with van der Waals surface area (Å²) in [4.78, 5) is 24.0. The Hall–Kier alpha value is -2.46. The molecule has 1 atom stereocenters. The minimum atomic E-state index is -0.131. The Morgan fingerprint density at radius 1 is 0.958 bits per heavy atom. The van der Waals surface area contributed by atoms with Crippen LogP contribution in [-0.4, -0.2) is 31.4 Å². The molecule has 2 rings (SSSR count). The smallest absolute Gasteiger partial charge is 0.220 e. The molecule has 0 aliphatic carbocycles. The van der Waals surface area contributed by atoms with Crippen molar-refractivity contribution in [3.63, 3.8) is 0 Å². The van der Waals surface area contributed by atoms with Gasteiger partial charge in [0.05, 0.1) is 6.61 Å². The maximum Gasteiger partial charge on any atom is 0.220 e. The number of ketones is 1. The van der Waals surface area contributed by atoms with Crippen molar-refractivity contribution in [3.8, 4) is 11.1 Å². The second-order valence-corrected chi connectivity index (χ2v) is 5.79. The molecule has 0 spiro atoms. The summed E-state index contributed by atoms with van der Waals surface area (Å²) in [6, 6.07) is 17.4. The van der Waals surface area contributed by atoms with Crippen LogP contribution in [0.3, 0.4) is 0 Å². The summed E-state index contributed by atoms with van der Waals surface area (Å²) in [7, 11) is 1.59. The van der Waals surface area contributed by atoms with Gasteiger partial charge in [0, 0.05) is 31.6 Å². The predicted molar refractivity (Wildman–Crippen MR) is 94.9 cm³/mol. The Morgan fingerprint density at radius 3 is 2.21 bits per heavy atom. The van der Waals surface area contributed by atoms with E-state index in [-0.39, 0.29) is 30.6 Å². The molecule has 2 aromatic carbocycles. The van der Waals surface area contributed by atoms with Crippen molar-refractivity contribution in [2.24, 2.45) is 0 Å². The van der Waals surface area contributed by atoms with E-state index < -0.39 is 0 Å². The predicted octanol–water partition coefficient (Wildman–Crippen LogP) is 3.47. The highest BCUT2D eigenvalue weighted by Gasteiger charge is 2.11. The van der Waals surface area contributed by atoms with Crippen molar-refractivity contribution in [2.75, 3.05) is 13.7 Å². The lowest BCUT2D eigenvalue weighted by molar-refractivity contribution is -0.122. The number of benzene rings is 2. The minimum absolute atomic E-state index is 0.0239. The van der Waals surface area contributed by atoms with Gasteiger partial charge in [-0.1, -0.05) is 54.6 Å². The van der Waals surface area contributed by atoms with Crippen molar-refractivity contribution in [1.82, 2.24) is 5.32 Å². The molecule has 126 valence electrons. The zero-order valence-corrected chi connectivity index (χ0v) is 14.1. The molecule has 0 saturated heterocycles. The minimum Gasteiger partial charge on any atom is -0.383 e. The first-order chi connectivity index (χ1) is 11.6. The van der Waals surface area contributed by atoms with Gasteiger partial charge in [0.2, 0.25) is 5.91 Å². The number of ether oxygens (including phenoxy) is 1. The van der Waals surface area contributed by atoms with Gasteiger partial charge in [-0.3, -0.25) is 9.59 Å². The van der Waals surface area contributed by atoms with Gasteiger partial charge in [-0.05, 0) is 18.1 Å². The Balaban J connectivity index is 1.88. The lowest BCUT2D eigenvalue weighted by Crippen LogP contribution is -2.35. The third-order valence-electron chi connectivity index (χ3n) is 3.72. The van der Waals surface area contributed by atoms with Gasteiger partial charge in [-0.25, -0.2) is 0 Å². The number of rotatable bonds is 8. The monoisotopic (exact) mass is 325 g/mol. The van der Waals surface area contributed by atoms with E-state index in [1.165, 1.54) is 0 Å². The first-order valence-electron chi connectivity index (χ1n) is 8.07. The second kappa shape index (κ2) is 8.99. The number of hydrogen-bond donors (Lipinski definition) is 1. The Kier molecular flexibility index (Phi) is 6.70. The van der Waals surface area contributed by atoms with Crippen LogP contribution in [0.1, 0.15) is 30.1 Å². The van der Waals surface area contributed by atoms with Crippen LogP contribution < -0.4 is 5.32 Å². The van der Waals surface area contributed by atoms with E-state index in [1.54, 1.807) is 7.11 Å². The highest BCUT2D eigenvalue weighted by Crippen LogP contribution is 2.19. The van der Waals surface area contributed by atoms with Gasteiger partial charge in [0.1, 0.15) is 0 Å². The molecule has 2 aromatic rings. The lowest BCUT2D eigenvalue weighted by atomic mass is 10.0. The summed E-state index contributed by atoms with van der Waals surface area (Å²) in [5, 5.41) is 2.80. The SMILES string of the molecule is COC[C@H](C)NC(=O)CCC(=O)c1ccc(-c2ccccc2)cc1. The summed E-state index contributed by atoms with van der Waals surface area (Å²) >= 11 is 0. The molecule has 0 heterocycles. The normalized spacial score (nSPS) is 11.8. The third-order valence-corrected chi connectivity index (χ3v) is 3.72. The van der Waals surface area contributed by atoms with Crippen LogP contribution in [0.4, 0.5) is 0 Å². The van der Waals surface area contributed by atoms with Crippen LogP contribution >= 0.6 is 0 Å². The summed E-state index contributed by atoms with van der Waals surface area (Å²) in [6.45, 7) is 2.33. The van der Waals surface area contributed by atoms with Gasteiger partial charge < -0.3 is 10.1 Å². The van der Waals surface area contributed by atoms with Gasteiger partial charge in [-0.15, -0.1) is 0 Å². The summed E-state index contributed by atoms with van der Waals surface area (Å²) < 4.78 is 4.97. The number of carbonyl (C=O) groups is 2. The molecule has 0 aromatic heterocycles. The molecule has 1 N–H and O–H groups in total. The van der Waals surface area contributed by atoms with Gasteiger partial charge in [0.25, 0.3) is 0 Å². The molecule has 0 unspecified atom stereocenters. The van der Waals surface area contributed by atoms with Crippen LogP contribution in [-0.2, 0) is 9.53 Å². The van der Waals surface area contributed by atoms with Crippen LogP contribution in [0.25, 0.3) is 11.1 Å². The number of carbonyl (C=O) groups excluding carboxylic acids is 2. The Labute approximate surface area is 142 Å². The molecular weight excluding hydrogens is 302 g/mol. The zero-order valence-electron chi connectivity index (χ0n) is 14.1. The van der Waals surface area contributed by atoms with Crippen LogP contribution in [0.15, 0.2) is 54.6 Å². The number of nitrogens with one attached hydrogen (secondary N) is 1. The summed E-state index contributed by atoms with van der Waals surface area (Å²) in [5.74, 6) is -0.155. The molecular formula is C20H23NO3. The van der Waals surface area contributed by atoms with Crippen molar-refractivity contribution in [1.29, 1.82) is 0 Å². The molecule has 24 heavy (non-hydrogen) atoms. The summed E-state index contributed by atoms with van der Waals surface area (Å²) in [5.41, 5.74) is 2.81. The molecule has 0 aliphatic rings. The van der Waals surface area contributed by atoms with Crippen molar-refractivity contribution < 1.29 is 14.3 Å². The molecule has 0 radical (unpaired) electrons. The fraction of sp³-hybridized carbons (Fsp3) is 0.300. The number of Topliss-reactive ketones (excluding diaryl/α,β-unsaturated/α-hetero) is 1. The molecule has 4 nitrogen and oxygen atoms in total. The second-order valence-electron chi connectivity index (χ2n) is 5.79. The highest BCUT2D eigenvalue weighted by molar-refractivity contribution is 5.98. The van der Waals surface area contributed by atoms with Crippen LogP contribution in [0, 0.1) is 0 Å². The molecule has 0 saturated carbocycles. The third kappa shape index (κ3) is 5.32. The molecule has 4 heteroatoms. The van der Waals surface area contributed by atoms with Crippen LogP contribution in [0.2, 0.25) is 0 Å². The standard InChI is InChI=1S/C20H23NO3/c1-15(14-24-2)21-20(23)13-12-19(22)18-10-8-17(9-11-18)16-6-4-3-5-7-16/h3-11,15H,12-14H2,1-2H3,(H,21,23)/t15-/m0/s1. The fourth-order valence-corrected chi connectivity index (χ4v) is 2.49. The first-order valence-corrected chi connectivity index (χ1v) is 8.07. The van der Waals surface area contributed by atoms with Crippen molar-refractivity contribution >= 4 is 11.7 Å². The van der Waals surface area contributed by atoms with E-state index in [2.05, 4.69) is 5.32 Å². The Morgan fingerprint density at radius 2 is 1.58 bits per heavy atom. The fourth-order valence-electron chi connectivity index (χ4n) is 2.49. The Bertz CT molecular complexity index is 665. The largest absolute Gasteiger partial charge is 0.383 e. The van der Waals surface area contributed by atoms with Crippen LogP contribution in [0.5, 0.6) is 0 Å². The van der Waals surface area contributed by atoms with E-state index in [9.17, 15) is 9.59 Å². The number of methoxy groups -OCH3 is 1.